The van der Waals surface area contributed by atoms with E-state index in [9.17, 15) is 4.79 Å². The standard InChI is InChI=1S/C15H18N2O2/c1-5-17-12(9-18)8-14(16-17)13-7-10(2)6-11(3)15(13)19-4/h6-9H,5H2,1-4H3. The largest absolute Gasteiger partial charge is 0.496 e. The second-order valence-corrected chi connectivity index (χ2v) is 4.55. The van der Waals surface area contributed by atoms with Gasteiger partial charge in [-0.3, -0.25) is 9.48 Å². The van der Waals surface area contributed by atoms with Gasteiger partial charge in [0.1, 0.15) is 11.4 Å². The number of hydrogen-bond donors (Lipinski definition) is 0. The molecule has 0 saturated heterocycles. The number of aromatic nitrogens is 2. The van der Waals surface area contributed by atoms with Crippen LogP contribution < -0.4 is 4.74 Å². The van der Waals surface area contributed by atoms with Crippen molar-refractivity contribution in [3.05, 3.63) is 35.0 Å². The van der Waals surface area contributed by atoms with E-state index >= 15 is 0 Å². The number of ether oxygens (including phenoxy) is 1. The zero-order valence-electron chi connectivity index (χ0n) is 11.7. The Morgan fingerprint density at radius 3 is 2.58 bits per heavy atom. The van der Waals surface area contributed by atoms with E-state index in [0.717, 1.165) is 34.4 Å². The van der Waals surface area contributed by atoms with Crippen molar-refractivity contribution < 1.29 is 9.53 Å². The maximum absolute atomic E-state index is 11.0. The van der Waals surface area contributed by atoms with Crippen LogP contribution in [0.25, 0.3) is 11.3 Å². The van der Waals surface area contributed by atoms with E-state index in [1.165, 1.54) is 0 Å². The van der Waals surface area contributed by atoms with Crippen molar-refractivity contribution in [3.8, 4) is 17.0 Å². The van der Waals surface area contributed by atoms with Crippen LogP contribution in [-0.4, -0.2) is 23.2 Å². The van der Waals surface area contributed by atoms with Crippen molar-refractivity contribution in [2.24, 2.45) is 0 Å². The monoisotopic (exact) mass is 258 g/mol. The summed E-state index contributed by atoms with van der Waals surface area (Å²) in [6.45, 7) is 6.67. The first-order valence-electron chi connectivity index (χ1n) is 6.29. The normalized spacial score (nSPS) is 10.5. The Balaban J connectivity index is 2.64. The van der Waals surface area contributed by atoms with Gasteiger partial charge in [0.2, 0.25) is 0 Å². The van der Waals surface area contributed by atoms with Crippen molar-refractivity contribution >= 4 is 6.29 Å². The molecule has 0 bridgehead atoms. The lowest BCUT2D eigenvalue weighted by molar-refractivity contribution is 0.111. The molecule has 0 unspecified atom stereocenters. The second-order valence-electron chi connectivity index (χ2n) is 4.55. The Bertz CT molecular complexity index is 615. The molecular formula is C15H18N2O2. The summed E-state index contributed by atoms with van der Waals surface area (Å²) in [5.74, 6) is 0.809. The first kappa shape index (κ1) is 13.3. The van der Waals surface area contributed by atoms with E-state index in [0.29, 0.717) is 12.2 Å². The van der Waals surface area contributed by atoms with E-state index in [-0.39, 0.29) is 0 Å². The van der Waals surface area contributed by atoms with Gasteiger partial charge in [-0.2, -0.15) is 5.10 Å². The lowest BCUT2D eigenvalue weighted by atomic mass is 10.0. The summed E-state index contributed by atoms with van der Waals surface area (Å²) < 4.78 is 7.16. The van der Waals surface area contributed by atoms with E-state index in [2.05, 4.69) is 11.2 Å². The summed E-state index contributed by atoms with van der Waals surface area (Å²) in [4.78, 5) is 11.0. The van der Waals surface area contributed by atoms with Crippen LogP contribution in [0.15, 0.2) is 18.2 Å². The molecule has 4 heteroatoms. The lowest BCUT2D eigenvalue weighted by Crippen LogP contribution is -2.01. The van der Waals surface area contributed by atoms with Crippen molar-refractivity contribution in [1.29, 1.82) is 0 Å². The van der Waals surface area contributed by atoms with Crippen LogP contribution in [0.5, 0.6) is 5.75 Å². The number of rotatable bonds is 4. The minimum absolute atomic E-state index is 0.582. The maximum Gasteiger partial charge on any atom is 0.168 e. The summed E-state index contributed by atoms with van der Waals surface area (Å²) in [6, 6.07) is 5.90. The number of carbonyl (C=O) groups excluding carboxylic acids is 1. The third kappa shape index (κ3) is 2.38. The molecule has 2 rings (SSSR count). The number of aldehydes is 1. The molecule has 0 atom stereocenters. The Morgan fingerprint density at radius 2 is 2.05 bits per heavy atom. The van der Waals surface area contributed by atoms with Crippen LogP contribution in [0.2, 0.25) is 0 Å². The number of nitrogens with zero attached hydrogens (tertiary/aromatic N) is 2. The lowest BCUT2D eigenvalue weighted by Gasteiger charge is -2.11. The van der Waals surface area contributed by atoms with Gasteiger partial charge >= 0.3 is 0 Å². The number of methoxy groups -OCH3 is 1. The minimum Gasteiger partial charge on any atom is -0.496 e. The summed E-state index contributed by atoms with van der Waals surface area (Å²) in [5, 5.41) is 4.47. The Labute approximate surface area is 113 Å². The maximum atomic E-state index is 11.0. The summed E-state index contributed by atoms with van der Waals surface area (Å²) in [6.07, 6.45) is 0.829. The molecule has 0 radical (unpaired) electrons. The van der Waals surface area contributed by atoms with Crippen molar-refractivity contribution in [1.82, 2.24) is 9.78 Å². The van der Waals surface area contributed by atoms with Crippen LogP contribution in [0.3, 0.4) is 0 Å². The minimum atomic E-state index is 0.582. The van der Waals surface area contributed by atoms with Gasteiger partial charge in [0.25, 0.3) is 0 Å². The van der Waals surface area contributed by atoms with Gasteiger partial charge in [-0.1, -0.05) is 6.07 Å². The predicted molar refractivity (Wildman–Crippen MR) is 74.8 cm³/mol. The highest BCUT2D eigenvalue weighted by Gasteiger charge is 2.14. The summed E-state index contributed by atoms with van der Waals surface area (Å²) >= 11 is 0. The second kappa shape index (κ2) is 5.26. The average Bonchev–Trinajstić information content (AvgIpc) is 2.81. The molecule has 2 aromatic rings. The molecule has 0 spiro atoms. The van der Waals surface area contributed by atoms with E-state index in [4.69, 9.17) is 4.74 Å². The molecule has 4 nitrogen and oxygen atoms in total. The van der Waals surface area contributed by atoms with Crippen molar-refractivity contribution in [3.63, 3.8) is 0 Å². The first-order chi connectivity index (χ1) is 9.10. The first-order valence-corrected chi connectivity index (χ1v) is 6.29. The van der Waals surface area contributed by atoms with E-state index in [1.54, 1.807) is 17.9 Å². The van der Waals surface area contributed by atoms with Gasteiger partial charge in [-0.25, -0.2) is 0 Å². The third-order valence-corrected chi connectivity index (χ3v) is 3.13. The highest BCUT2D eigenvalue weighted by Crippen LogP contribution is 2.33. The average molecular weight is 258 g/mol. The zero-order valence-corrected chi connectivity index (χ0v) is 11.7. The molecule has 0 fully saturated rings. The quantitative estimate of drug-likeness (QED) is 0.792. The van der Waals surface area contributed by atoms with Gasteiger partial charge in [-0.15, -0.1) is 0 Å². The van der Waals surface area contributed by atoms with Gasteiger partial charge in [0.15, 0.2) is 6.29 Å². The fourth-order valence-electron chi connectivity index (χ4n) is 2.33. The molecule has 0 amide bonds. The Morgan fingerprint density at radius 1 is 1.32 bits per heavy atom. The van der Waals surface area contributed by atoms with Crippen molar-refractivity contribution in [2.75, 3.05) is 7.11 Å². The highest BCUT2D eigenvalue weighted by molar-refractivity contribution is 5.78. The molecule has 1 aromatic heterocycles. The van der Waals surface area contributed by atoms with Gasteiger partial charge in [0, 0.05) is 12.1 Å². The molecular weight excluding hydrogens is 240 g/mol. The van der Waals surface area contributed by atoms with Gasteiger partial charge in [0.05, 0.1) is 12.8 Å². The highest BCUT2D eigenvalue weighted by atomic mass is 16.5. The molecule has 0 aliphatic heterocycles. The van der Waals surface area contributed by atoms with Crippen LogP contribution in [0.1, 0.15) is 28.5 Å². The number of carbonyl (C=O) groups is 1. The van der Waals surface area contributed by atoms with E-state index < -0.39 is 0 Å². The third-order valence-electron chi connectivity index (χ3n) is 3.13. The van der Waals surface area contributed by atoms with Gasteiger partial charge < -0.3 is 4.74 Å². The molecule has 1 aromatic carbocycles. The van der Waals surface area contributed by atoms with E-state index in [1.807, 2.05) is 26.8 Å². The molecule has 1 heterocycles. The molecule has 19 heavy (non-hydrogen) atoms. The Kier molecular flexibility index (Phi) is 3.69. The van der Waals surface area contributed by atoms with Crippen LogP contribution >= 0.6 is 0 Å². The van der Waals surface area contributed by atoms with Crippen LogP contribution in [0.4, 0.5) is 0 Å². The summed E-state index contributed by atoms with van der Waals surface area (Å²) in [5.41, 5.74) is 4.49. The predicted octanol–water partition coefficient (Wildman–Crippen LogP) is 3.01. The molecule has 0 aliphatic carbocycles. The summed E-state index contributed by atoms with van der Waals surface area (Å²) in [7, 11) is 1.65. The SMILES string of the molecule is CCn1nc(-c2cc(C)cc(C)c2OC)cc1C=O. The molecule has 0 saturated carbocycles. The van der Waals surface area contributed by atoms with Crippen LogP contribution in [0, 0.1) is 13.8 Å². The molecule has 0 aliphatic rings. The van der Waals surface area contributed by atoms with Gasteiger partial charge in [-0.05, 0) is 44.0 Å². The van der Waals surface area contributed by atoms with Crippen LogP contribution in [-0.2, 0) is 6.54 Å². The number of benzene rings is 1. The molecule has 100 valence electrons. The fraction of sp³-hybridized carbons (Fsp3) is 0.333. The zero-order chi connectivity index (χ0) is 14.0. The Hall–Kier alpha value is -2.10. The number of aryl methyl sites for hydroxylation is 3. The number of hydrogen-bond acceptors (Lipinski definition) is 3. The smallest absolute Gasteiger partial charge is 0.168 e. The topological polar surface area (TPSA) is 44.1 Å². The fourth-order valence-corrected chi connectivity index (χ4v) is 2.33. The molecule has 0 N–H and O–H groups in total. The van der Waals surface area contributed by atoms with Crippen molar-refractivity contribution in [2.45, 2.75) is 27.3 Å².